The van der Waals surface area contributed by atoms with E-state index in [2.05, 4.69) is 4.98 Å². The van der Waals surface area contributed by atoms with Gasteiger partial charge in [-0.15, -0.1) is 0 Å². The van der Waals surface area contributed by atoms with E-state index in [0.29, 0.717) is 27.6 Å². The number of aromatic hydroxyl groups is 1. The lowest BCUT2D eigenvalue weighted by Crippen LogP contribution is -1.87. The Morgan fingerprint density at radius 2 is 2.00 bits per heavy atom. The molecule has 0 amide bonds. The van der Waals surface area contributed by atoms with Crippen molar-refractivity contribution in [2.75, 3.05) is 0 Å². The first-order valence-electron chi connectivity index (χ1n) is 4.71. The van der Waals surface area contributed by atoms with Crippen LogP contribution in [0.25, 0.3) is 11.3 Å². The fraction of sp³-hybridized carbons (Fsp3) is 0. The molecule has 0 saturated heterocycles. The maximum atomic E-state index is 10.6. The van der Waals surface area contributed by atoms with Crippen molar-refractivity contribution >= 4 is 29.5 Å². The molecule has 0 aliphatic carbocycles. The van der Waals surface area contributed by atoms with E-state index in [1.54, 1.807) is 12.1 Å². The molecule has 0 atom stereocenters. The van der Waals surface area contributed by atoms with Crippen molar-refractivity contribution in [2.24, 2.45) is 0 Å². The Kier molecular flexibility index (Phi) is 3.31. The van der Waals surface area contributed by atoms with Crippen molar-refractivity contribution < 1.29 is 9.90 Å². The Hall–Kier alpha value is -1.58. The van der Waals surface area contributed by atoms with Gasteiger partial charge in [0.15, 0.2) is 6.29 Å². The molecule has 2 aromatic rings. The Morgan fingerprint density at radius 3 is 2.59 bits per heavy atom. The van der Waals surface area contributed by atoms with E-state index < -0.39 is 0 Å². The third-order valence-corrected chi connectivity index (χ3v) is 2.73. The molecule has 1 heterocycles. The van der Waals surface area contributed by atoms with Crippen LogP contribution in [0.4, 0.5) is 0 Å². The van der Waals surface area contributed by atoms with E-state index in [0.717, 1.165) is 0 Å². The zero-order valence-electron chi connectivity index (χ0n) is 8.52. The van der Waals surface area contributed by atoms with Crippen LogP contribution in [0.1, 0.15) is 10.4 Å². The second kappa shape index (κ2) is 4.73. The van der Waals surface area contributed by atoms with Crippen molar-refractivity contribution in [3.05, 3.63) is 46.1 Å². The zero-order valence-corrected chi connectivity index (χ0v) is 10.0. The molecule has 0 fully saturated rings. The molecule has 0 aliphatic heterocycles. The predicted molar refractivity (Wildman–Crippen MR) is 66.7 cm³/mol. The summed E-state index contributed by atoms with van der Waals surface area (Å²) in [6.45, 7) is 0. The Bertz CT molecular complexity index is 585. The van der Waals surface area contributed by atoms with Crippen LogP contribution >= 0.6 is 23.2 Å². The Labute approximate surface area is 108 Å². The highest BCUT2D eigenvalue weighted by Gasteiger charge is 2.08. The monoisotopic (exact) mass is 267 g/mol. The van der Waals surface area contributed by atoms with Gasteiger partial charge in [-0.05, 0) is 18.2 Å². The van der Waals surface area contributed by atoms with Crippen molar-refractivity contribution in [1.29, 1.82) is 0 Å². The molecule has 0 aliphatic rings. The maximum Gasteiger partial charge on any atom is 0.153 e. The summed E-state index contributed by atoms with van der Waals surface area (Å²) in [6.07, 6.45) is 2.05. The Morgan fingerprint density at radius 1 is 1.24 bits per heavy atom. The minimum absolute atomic E-state index is 0.106. The number of rotatable bonds is 2. The van der Waals surface area contributed by atoms with E-state index >= 15 is 0 Å². The summed E-state index contributed by atoms with van der Waals surface area (Å²) in [5.41, 5.74) is 1.34. The van der Waals surface area contributed by atoms with Crippen LogP contribution in [0.15, 0.2) is 30.5 Å². The van der Waals surface area contributed by atoms with Crippen LogP contribution in [-0.4, -0.2) is 16.4 Å². The smallest absolute Gasteiger partial charge is 0.153 e. The van der Waals surface area contributed by atoms with Gasteiger partial charge >= 0.3 is 0 Å². The number of aldehydes is 1. The fourth-order valence-corrected chi connectivity index (χ4v) is 1.91. The van der Waals surface area contributed by atoms with Gasteiger partial charge in [0, 0.05) is 11.8 Å². The van der Waals surface area contributed by atoms with E-state index in [1.165, 1.54) is 18.3 Å². The molecule has 0 bridgehead atoms. The third kappa shape index (κ3) is 2.40. The number of phenols is 1. The van der Waals surface area contributed by atoms with Crippen molar-refractivity contribution in [2.45, 2.75) is 0 Å². The lowest BCUT2D eigenvalue weighted by molar-refractivity contribution is 0.112. The minimum Gasteiger partial charge on any atom is -0.507 e. The SMILES string of the molecule is O=Cc1ccc(-c2ncc(Cl)cc2Cl)cc1O. The van der Waals surface area contributed by atoms with Gasteiger partial charge in [0.2, 0.25) is 0 Å². The van der Waals surface area contributed by atoms with Gasteiger partial charge in [-0.25, -0.2) is 0 Å². The molecule has 1 aromatic heterocycles. The molecular formula is C12H7Cl2NO2. The average molecular weight is 268 g/mol. The van der Waals surface area contributed by atoms with Gasteiger partial charge in [-0.3, -0.25) is 9.78 Å². The summed E-state index contributed by atoms with van der Waals surface area (Å²) in [7, 11) is 0. The van der Waals surface area contributed by atoms with Crippen molar-refractivity contribution in [1.82, 2.24) is 4.98 Å². The predicted octanol–water partition coefficient (Wildman–Crippen LogP) is 3.57. The minimum atomic E-state index is -0.106. The maximum absolute atomic E-state index is 10.6. The number of pyridine rings is 1. The number of phenolic OH excluding ortho intramolecular Hbond substituents is 1. The average Bonchev–Trinajstić information content (AvgIpc) is 2.29. The van der Waals surface area contributed by atoms with E-state index in [9.17, 15) is 9.90 Å². The molecule has 3 nitrogen and oxygen atoms in total. The number of hydrogen-bond donors (Lipinski definition) is 1. The molecule has 86 valence electrons. The largest absolute Gasteiger partial charge is 0.507 e. The number of nitrogens with zero attached hydrogens (tertiary/aromatic N) is 1. The molecule has 0 unspecified atom stereocenters. The first kappa shape index (κ1) is 11.9. The van der Waals surface area contributed by atoms with Crippen LogP contribution in [0.2, 0.25) is 10.0 Å². The van der Waals surface area contributed by atoms with Crippen molar-refractivity contribution in [3.63, 3.8) is 0 Å². The lowest BCUT2D eigenvalue weighted by atomic mass is 10.1. The number of aromatic nitrogens is 1. The number of benzene rings is 1. The summed E-state index contributed by atoms with van der Waals surface area (Å²) in [5.74, 6) is -0.106. The van der Waals surface area contributed by atoms with Crippen LogP contribution in [0.5, 0.6) is 5.75 Å². The zero-order chi connectivity index (χ0) is 12.4. The second-order valence-electron chi connectivity index (χ2n) is 3.38. The quantitative estimate of drug-likeness (QED) is 0.847. The summed E-state index contributed by atoms with van der Waals surface area (Å²) in [5, 5.41) is 10.4. The summed E-state index contributed by atoms with van der Waals surface area (Å²) in [6, 6.07) is 6.16. The van der Waals surface area contributed by atoms with E-state index in [1.807, 2.05) is 0 Å². The lowest BCUT2D eigenvalue weighted by Gasteiger charge is -2.05. The second-order valence-corrected chi connectivity index (χ2v) is 4.22. The topological polar surface area (TPSA) is 50.2 Å². The summed E-state index contributed by atoms with van der Waals surface area (Å²) >= 11 is 11.7. The standard InChI is InChI=1S/C12H7Cl2NO2/c13-9-4-10(14)12(15-5-9)7-1-2-8(6-16)11(17)3-7/h1-6,17H. The van der Waals surface area contributed by atoms with Gasteiger partial charge in [-0.1, -0.05) is 29.3 Å². The van der Waals surface area contributed by atoms with Gasteiger partial charge in [0.05, 0.1) is 21.3 Å². The molecule has 0 spiro atoms. The number of halogens is 2. The third-order valence-electron chi connectivity index (χ3n) is 2.24. The van der Waals surface area contributed by atoms with Gasteiger partial charge in [0.25, 0.3) is 0 Å². The number of hydrogen-bond acceptors (Lipinski definition) is 3. The van der Waals surface area contributed by atoms with Gasteiger partial charge in [0.1, 0.15) is 5.75 Å². The van der Waals surface area contributed by atoms with E-state index in [4.69, 9.17) is 23.2 Å². The molecule has 2 rings (SSSR count). The van der Waals surface area contributed by atoms with Gasteiger partial charge in [-0.2, -0.15) is 0 Å². The van der Waals surface area contributed by atoms with Gasteiger partial charge < -0.3 is 5.11 Å². The first-order valence-corrected chi connectivity index (χ1v) is 5.47. The van der Waals surface area contributed by atoms with Crippen LogP contribution < -0.4 is 0 Å². The fourth-order valence-electron chi connectivity index (χ4n) is 1.42. The Balaban J connectivity index is 2.53. The summed E-state index contributed by atoms with van der Waals surface area (Å²) in [4.78, 5) is 14.6. The first-order chi connectivity index (χ1) is 8.11. The molecule has 1 N–H and O–H groups in total. The van der Waals surface area contributed by atoms with Crippen LogP contribution in [-0.2, 0) is 0 Å². The molecule has 17 heavy (non-hydrogen) atoms. The number of carbonyl (C=O) groups excluding carboxylic acids is 1. The van der Waals surface area contributed by atoms with Crippen LogP contribution in [0.3, 0.4) is 0 Å². The van der Waals surface area contributed by atoms with Crippen molar-refractivity contribution in [3.8, 4) is 17.0 Å². The highest BCUT2D eigenvalue weighted by Crippen LogP contribution is 2.30. The number of carbonyl (C=O) groups is 1. The highest BCUT2D eigenvalue weighted by molar-refractivity contribution is 6.36. The molecule has 0 radical (unpaired) electrons. The molecular weight excluding hydrogens is 261 g/mol. The molecule has 5 heteroatoms. The molecule has 1 aromatic carbocycles. The highest BCUT2D eigenvalue weighted by atomic mass is 35.5. The molecule has 0 saturated carbocycles. The van der Waals surface area contributed by atoms with Crippen LogP contribution in [0, 0.1) is 0 Å². The summed E-state index contributed by atoms with van der Waals surface area (Å²) < 4.78 is 0. The van der Waals surface area contributed by atoms with E-state index in [-0.39, 0.29) is 11.3 Å². The normalized spacial score (nSPS) is 10.2.